The SMILES string of the molecule is CCOC(=O)Cc1c(C)cc2nc(-c3ccc4c(c3)c(C3CCNCC3)nn4CC)sc2c1-c1ccc(Cl)cc1. The Bertz CT molecular complexity index is 1700. The van der Waals surface area contributed by atoms with E-state index in [4.69, 9.17) is 26.4 Å². The molecular weight excluding hydrogens is 540 g/mol. The van der Waals surface area contributed by atoms with Crippen molar-refractivity contribution in [2.75, 3.05) is 19.7 Å². The topological polar surface area (TPSA) is 69.0 Å². The summed E-state index contributed by atoms with van der Waals surface area (Å²) in [4.78, 5) is 17.7. The van der Waals surface area contributed by atoms with Crippen molar-refractivity contribution in [2.24, 2.45) is 0 Å². The quantitative estimate of drug-likeness (QED) is 0.204. The Morgan fingerprint density at radius 2 is 1.85 bits per heavy atom. The maximum absolute atomic E-state index is 12.6. The highest BCUT2D eigenvalue weighted by atomic mass is 35.5. The first-order valence-electron chi connectivity index (χ1n) is 14.0. The zero-order chi connectivity index (χ0) is 27.8. The van der Waals surface area contributed by atoms with Crippen LogP contribution >= 0.6 is 22.9 Å². The second-order valence-corrected chi connectivity index (χ2v) is 11.8. The van der Waals surface area contributed by atoms with Crippen molar-refractivity contribution in [1.82, 2.24) is 20.1 Å². The summed E-state index contributed by atoms with van der Waals surface area (Å²) >= 11 is 7.90. The molecule has 40 heavy (non-hydrogen) atoms. The van der Waals surface area contributed by atoms with Gasteiger partial charge in [0, 0.05) is 34.0 Å². The smallest absolute Gasteiger partial charge is 0.310 e. The van der Waals surface area contributed by atoms with E-state index >= 15 is 0 Å². The number of esters is 1. The molecule has 3 aromatic carbocycles. The molecular formula is C32H33ClN4O2S. The van der Waals surface area contributed by atoms with Crippen LogP contribution in [0.25, 0.3) is 42.8 Å². The molecule has 8 heteroatoms. The number of hydrogen-bond donors (Lipinski definition) is 1. The second-order valence-electron chi connectivity index (χ2n) is 10.4. The van der Waals surface area contributed by atoms with Crippen LogP contribution in [0.4, 0.5) is 0 Å². The van der Waals surface area contributed by atoms with E-state index in [0.29, 0.717) is 17.5 Å². The number of aryl methyl sites for hydroxylation is 2. The fraction of sp³-hybridized carbons (Fsp3) is 0.344. The molecule has 1 saturated heterocycles. The molecule has 1 aliphatic heterocycles. The minimum Gasteiger partial charge on any atom is -0.466 e. The van der Waals surface area contributed by atoms with Gasteiger partial charge in [0.2, 0.25) is 0 Å². The molecule has 206 valence electrons. The first-order chi connectivity index (χ1) is 19.5. The Hall–Kier alpha value is -3.26. The van der Waals surface area contributed by atoms with Crippen molar-refractivity contribution in [3.63, 3.8) is 0 Å². The van der Waals surface area contributed by atoms with Crippen LogP contribution < -0.4 is 5.32 Å². The molecule has 3 heterocycles. The lowest BCUT2D eigenvalue weighted by Gasteiger charge is -2.21. The van der Waals surface area contributed by atoms with Crippen molar-refractivity contribution in [3.05, 3.63) is 70.4 Å². The lowest BCUT2D eigenvalue weighted by Crippen LogP contribution is -2.27. The number of thiazole rings is 1. The van der Waals surface area contributed by atoms with Crippen molar-refractivity contribution in [2.45, 2.75) is 52.5 Å². The van der Waals surface area contributed by atoms with Gasteiger partial charge in [0.25, 0.3) is 0 Å². The minimum absolute atomic E-state index is 0.211. The summed E-state index contributed by atoms with van der Waals surface area (Å²) in [6.07, 6.45) is 2.42. The molecule has 5 aromatic rings. The summed E-state index contributed by atoms with van der Waals surface area (Å²) in [5.41, 5.74) is 8.43. The first kappa shape index (κ1) is 26.9. The predicted octanol–water partition coefficient (Wildman–Crippen LogP) is 7.53. The number of carbonyl (C=O) groups excluding carboxylic acids is 1. The Morgan fingerprint density at radius 1 is 1.10 bits per heavy atom. The monoisotopic (exact) mass is 572 g/mol. The van der Waals surface area contributed by atoms with Crippen LogP contribution in [-0.2, 0) is 22.5 Å². The molecule has 0 aliphatic carbocycles. The Balaban J connectivity index is 1.51. The van der Waals surface area contributed by atoms with Crippen LogP contribution in [0.15, 0.2) is 48.5 Å². The summed E-state index contributed by atoms with van der Waals surface area (Å²) < 4.78 is 8.51. The number of nitrogens with zero attached hydrogens (tertiary/aromatic N) is 3. The molecule has 0 radical (unpaired) electrons. The molecule has 0 spiro atoms. The van der Waals surface area contributed by atoms with Gasteiger partial charge in [-0.05, 0) is 99.8 Å². The molecule has 0 saturated carbocycles. The number of fused-ring (bicyclic) bond motifs is 2. The average Bonchev–Trinajstić information content (AvgIpc) is 3.55. The highest BCUT2D eigenvalue weighted by Crippen LogP contribution is 2.42. The van der Waals surface area contributed by atoms with Gasteiger partial charge in [-0.25, -0.2) is 4.98 Å². The molecule has 2 aromatic heterocycles. The van der Waals surface area contributed by atoms with E-state index in [1.54, 1.807) is 11.3 Å². The number of benzene rings is 3. The number of hydrogen-bond acceptors (Lipinski definition) is 6. The summed E-state index contributed by atoms with van der Waals surface area (Å²) in [6.45, 7) is 9.29. The van der Waals surface area contributed by atoms with Gasteiger partial charge in [-0.3, -0.25) is 9.48 Å². The van der Waals surface area contributed by atoms with Crippen molar-refractivity contribution in [1.29, 1.82) is 0 Å². The largest absolute Gasteiger partial charge is 0.466 e. The number of piperidine rings is 1. The highest BCUT2D eigenvalue weighted by Gasteiger charge is 2.24. The Morgan fingerprint density at radius 3 is 2.58 bits per heavy atom. The fourth-order valence-corrected chi connectivity index (χ4v) is 7.10. The number of carbonyl (C=O) groups is 1. The molecule has 0 amide bonds. The van der Waals surface area contributed by atoms with Crippen LogP contribution in [0, 0.1) is 6.92 Å². The number of halogens is 1. The molecule has 1 N–H and O–H groups in total. The molecule has 6 nitrogen and oxygen atoms in total. The van der Waals surface area contributed by atoms with Gasteiger partial charge in [0.05, 0.1) is 34.5 Å². The maximum Gasteiger partial charge on any atom is 0.310 e. The molecule has 0 bridgehead atoms. The van der Waals surface area contributed by atoms with Crippen molar-refractivity contribution in [3.8, 4) is 21.7 Å². The predicted molar refractivity (Wildman–Crippen MR) is 164 cm³/mol. The molecule has 6 rings (SSSR count). The van der Waals surface area contributed by atoms with Gasteiger partial charge >= 0.3 is 5.97 Å². The maximum atomic E-state index is 12.6. The molecule has 0 unspecified atom stereocenters. The standard InChI is InChI=1S/C32H33ClN4O2S/c1-4-37-27-11-8-22(17-25(27)30(36-37)21-12-14-34-15-13-21)32-35-26-16-19(3)24(18-28(38)39-5-2)29(31(26)40-32)20-6-9-23(33)10-7-20/h6-11,16-17,21,34H,4-5,12-15,18H2,1-3H3. The number of ether oxygens (including phenoxy) is 1. The zero-order valence-electron chi connectivity index (χ0n) is 23.1. The van der Waals surface area contributed by atoms with Gasteiger partial charge in [0.15, 0.2) is 0 Å². The van der Waals surface area contributed by atoms with E-state index in [1.807, 2.05) is 38.1 Å². The number of rotatable bonds is 7. The number of aromatic nitrogens is 3. The van der Waals surface area contributed by atoms with Crippen LogP contribution in [0.3, 0.4) is 0 Å². The Kier molecular flexibility index (Phi) is 7.62. The second kappa shape index (κ2) is 11.3. The molecule has 1 aliphatic rings. The third-order valence-corrected chi connectivity index (χ3v) is 9.21. The summed E-state index contributed by atoms with van der Waals surface area (Å²) in [5.74, 6) is 0.237. The van der Waals surface area contributed by atoms with E-state index in [2.05, 4.69) is 41.2 Å². The van der Waals surface area contributed by atoms with Crippen molar-refractivity contribution < 1.29 is 9.53 Å². The van der Waals surface area contributed by atoms with Crippen LogP contribution in [0.1, 0.15) is 49.4 Å². The van der Waals surface area contributed by atoms with E-state index in [-0.39, 0.29) is 12.4 Å². The minimum atomic E-state index is -0.228. The number of nitrogens with one attached hydrogen (secondary N) is 1. The van der Waals surface area contributed by atoms with E-state index in [1.165, 1.54) is 16.6 Å². The van der Waals surface area contributed by atoms with E-state index in [9.17, 15) is 4.79 Å². The lowest BCUT2D eigenvalue weighted by atomic mass is 9.92. The third-order valence-electron chi connectivity index (χ3n) is 7.82. The summed E-state index contributed by atoms with van der Waals surface area (Å²) in [5, 5.41) is 11.4. The molecule has 0 atom stereocenters. The summed E-state index contributed by atoms with van der Waals surface area (Å²) in [7, 11) is 0. The average molecular weight is 573 g/mol. The third kappa shape index (κ3) is 5.02. The van der Waals surface area contributed by atoms with E-state index < -0.39 is 0 Å². The van der Waals surface area contributed by atoms with Gasteiger partial charge in [-0.2, -0.15) is 5.10 Å². The van der Waals surface area contributed by atoms with E-state index in [0.717, 1.165) is 75.5 Å². The first-order valence-corrected chi connectivity index (χ1v) is 15.2. The normalized spacial score (nSPS) is 14.3. The van der Waals surface area contributed by atoms with Crippen LogP contribution in [0.2, 0.25) is 5.02 Å². The Labute approximate surface area is 243 Å². The molecule has 1 fully saturated rings. The summed E-state index contributed by atoms with van der Waals surface area (Å²) in [6, 6.07) is 16.5. The van der Waals surface area contributed by atoms with Crippen molar-refractivity contribution >= 4 is 50.0 Å². The van der Waals surface area contributed by atoms with Gasteiger partial charge in [0.1, 0.15) is 5.01 Å². The van der Waals surface area contributed by atoms with Gasteiger partial charge in [-0.15, -0.1) is 11.3 Å². The zero-order valence-corrected chi connectivity index (χ0v) is 24.7. The van der Waals surface area contributed by atoms with Crippen LogP contribution in [-0.4, -0.2) is 40.4 Å². The lowest BCUT2D eigenvalue weighted by molar-refractivity contribution is -0.142. The van der Waals surface area contributed by atoms with Gasteiger partial charge < -0.3 is 10.1 Å². The highest BCUT2D eigenvalue weighted by molar-refractivity contribution is 7.22. The van der Waals surface area contributed by atoms with Crippen LogP contribution in [0.5, 0.6) is 0 Å². The van der Waals surface area contributed by atoms with Gasteiger partial charge in [-0.1, -0.05) is 23.7 Å². The fourth-order valence-electron chi connectivity index (χ4n) is 5.84.